The Bertz CT molecular complexity index is 783. The molecule has 8 nitrogen and oxygen atoms in total. The van der Waals surface area contributed by atoms with Crippen LogP contribution in [0.1, 0.15) is 25.0 Å². The van der Waals surface area contributed by atoms with Crippen molar-refractivity contribution in [3.8, 4) is 0 Å². The lowest BCUT2D eigenvalue weighted by Gasteiger charge is -2.27. The summed E-state index contributed by atoms with van der Waals surface area (Å²) in [7, 11) is 1.83. The molecule has 152 valence electrons. The quantitative estimate of drug-likeness (QED) is 0.503. The van der Waals surface area contributed by atoms with E-state index in [0.29, 0.717) is 17.8 Å². The average molecular weight is 389 g/mol. The van der Waals surface area contributed by atoms with Crippen LogP contribution in [0, 0.1) is 13.8 Å². The molecule has 2 rings (SSSR count). The number of ether oxygens (including phenoxy) is 1. The minimum atomic E-state index is -0.467. The Morgan fingerprint density at radius 2 is 1.89 bits per heavy atom. The Labute approximate surface area is 165 Å². The molecule has 2 atom stereocenters. The number of carbonyl (C=O) groups is 3. The van der Waals surface area contributed by atoms with Crippen LogP contribution in [-0.4, -0.2) is 50.7 Å². The highest BCUT2D eigenvalue weighted by molar-refractivity contribution is 5.95. The Hall–Kier alpha value is -2.87. The van der Waals surface area contributed by atoms with E-state index in [1.54, 1.807) is 13.8 Å². The highest BCUT2D eigenvalue weighted by Crippen LogP contribution is 2.19. The monoisotopic (exact) mass is 389 g/mol. The molecule has 8 heteroatoms. The van der Waals surface area contributed by atoms with Crippen molar-refractivity contribution in [1.82, 2.24) is 10.6 Å². The number of nitrogens with one attached hydrogen (secondary N) is 4. The maximum absolute atomic E-state index is 12.5. The summed E-state index contributed by atoms with van der Waals surface area (Å²) in [6, 6.07) is 5.01. The van der Waals surface area contributed by atoms with Gasteiger partial charge in [-0.3, -0.25) is 4.79 Å². The highest BCUT2D eigenvalue weighted by Gasteiger charge is 2.31. The lowest BCUT2D eigenvalue weighted by molar-refractivity contribution is -0.866. The van der Waals surface area contributed by atoms with Crippen LogP contribution in [0.5, 0.6) is 0 Å². The van der Waals surface area contributed by atoms with Gasteiger partial charge in [-0.1, -0.05) is 18.2 Å². The second kappa shape index (κ2) is 9.36. The number of aryl methyl sites for hydroxylation is 2. The molecule has 0 aromatic heterocycles. The van der Waals surface area contributed by atoms with Crippen molar-refractivity contribution < 1.29 is 24.0 Å². The first-order chi connectivity index (χ1) is 13.2. The van der Waals surface area contributed by atoms with Gasteiger partial charge in [-0.25, -0.2) is 9.59 Å². The van der Waals surface area contributed by atoms with Crippen LogP contribution in [0.25, 0.3) is 0 Å². The van der Waals surface area contributed by atoms with Crippen LogP contribution in [0.3, 0.4) is 0 Å². The van der Waals surface area contributed by atoms with E-state index in [9.17, 15) is 14.4 Å². The van der Waals surface area contributed by atoms with Gasteiger partial charge in [-0.15, -0.1) is 0 Å². The fraction of sp³-hybridized carbons (Fsp3) is 0.450. The van der Waals surface area contributed by atoms with Crippen molar-refractivity contribution in [2.75, 3.05) is 32.1 Å². The Balaban J connectivity index is 2.09. The van der Waals surface area contributed by atoms with Crippen LogP contribution in [-0.2, 0) is 14.3 Å². The summed E-state index contributed by atoms with van der Waals surface area (Å²) in [5.74, 6) is -0.605. The van der Waals surface area contributed by atoms with E-state index in [1.165, 1.54) is 0 Å². The number of amides is 3. The van der Waals surface area contributed by atoms with Gasteiger partial charge >= 0.3 is 12.0 Å². The molecular weight excluding hydrogens is 360 g/mol. The normalized spacial score (nSPS) is 17.5. The number of rotatable bonds is 7. The number of quaternary nitrogens is 1. The van der Waals surface area contributed by atoms with E-state index in [-0.39, 0.29) is 25.1 Å². The number of anilines is 1. The molecule has 1 aliphatic heterocycles. The molecule has 1 heterocycles. The van der Waals surface area contributed by atoms with Gasteiger partial charge in [-0.2, -0.15) is 0 Å². The van der Waals surface area contributed by atoms with Crippen LogP contribution in [0.4, 0.5) is 10.5 Å². The SMILES string of the molecule is CCOC(=O)C1=C(C[NH+](C)CC(=O)Nc2c(C)cccc2C)NC(=O)N[C@H]1C. The molecule has 0 saturated heterocycles. The number of hydrogen-bond acceptors (Lipinski definition) is 4. The predicted molar refractivity (Wildman–Crippen MR) is 106 cm³/mol. The molecule has 1 unspecified atom stereocenters. The molecule has 1 aromatic rings. The van der Waals surface area contributed by atoms with E-state index in [0.717, 1.165) is 21.7 Å². The van der Waals surface area contributed by atoms with Gasteiger partial charge in [0.15, 0.2) is 6.54 Å². The predicted octanol–water partition coefficient (Wildman–Crippen LogP) is 0.275. The average Bonchev–Trinajstić information content (AvgIpc) is 2.57. The van der Waals surface area contributed by atoms with Crippen molar-refractivity contribution >= 4 is 23.6 Å². The van der Waals surface area contributed by atoms with Crippen LogP contribution < -0.4 is 20.9 Å². The molecule has 0 aliphatic carbocycles. The molecule has 0 radical (unpaired) electrons. The molecule has 28 heavy (non-hydrogen) atoms. The Kier molecular flexibility index (Phi) is 7.17. The molecule has 0 saturated carbocycles. The zero-order chi connectivity index (χ0) is 20.8. The second-order valence-corrected chi connectivity index (χ2v) is 7.06. The van der Waals surface area contributed by atoms with Gasteiger partial charge in [0.1, 0.15) is 6.54 Å². The second-order valence-electron chi connectivity index (χ2n) is 7.06. The van der Waals surface area contributed by atoms with E-state index in [2.05, 4.69) is 16.0 Å². The van der Waals surface area contributed by atoms with Gasteiger partial charge in [0.25, 0.3) is 5.91 Å². The Morgan fingerprint density at radius 3 is 2.50 bits per heavy atom. The number of likely N-dealkylation sites (N-methyl/N-ethyl adjacent to an activating group) is 1. The van der Waals surface area contributed by atoms with Crippen molar-refractivity contribution in [3.05, 3.63) is 40.6 Å². The zero-order valence-corrected chi connectivity index (χ0v) is 17.1. The van der Waals surface area contributed by atoms with E-state index in [4.69, 9.17) is 4.74 Å². The number of esters is 1. The number of urea groups is 1. The van der Waals surface area contributed by atoms with Crippen LogP contribution in [0.2, 0.25) is 0 Å². The van der Waals surface area contributed by atoms with E-state index in [1.807, 2.05) is 39.1 Å². The van der Waals surface area contributed by atoms with Gasteiger partial charge in [-0.05, 0) is 38.8 Å². The van der Waals surface area contributed by atoms with Gasteiger partial charge in [0.05, 0.1) is 31.0 Å². The summed E-state index contributed by atoms with van der Waals surface area (Å²) in [5.41, 5.74) is 3.68. The summed E-state index contributed by atoms with van der Waals surface area (Å²) in [6.07, 6.45) is 0. The molecule has 0 bridgehead atoms. The highest BCUT2D eigenvalue weighted by atomic mass is 16.5. The third kappa shape index (κ3) is 5.32. The van der Waals surface area contributed by atoms with Crippen LogP contribution in [0.15, 0.2) is 29.5 Å². The molecule has 1 aliphatic rings. The first kappa shape index (κ1) is 21.4. The van der Waals surface area contributed by atoms with Crippen molar-refractivity contribution in [2.24, 2.45) is 0 Å². The summed E-state index contributed by atoms with van der Waals surface area (Å²) in [4.78, 5) is 37.4. The number of para-hydroxylation sites is 1. The summed E-state index contributed by atoms with van der Waals surface area (Å²) >= 11 is 0. The third-order valence-electron chi connectivity index (χ3n) is 4.55. The lowest BCUT2D eigenvalue weighted by atomic mass is 10.0. The molecule has 0 spiro atoms. The van der Waals surface area contributed by atoms with Gasteiger partial charge < -0.3 is 25.6 Å². The zero-order valence-electron chi connectivity index (χ0n) is 17.1. The Morgan fingerprint density at radius 1 is 1.25 bits per heavy atom. The fourth-order valence-corrected chi connectivity index (χ4v) is 3.25. The molecule has 0 fully saturated rings. The maximum Gasteiger partial charge on any atom is 0.338 e. The van der Waals surface area contributed by atoms with E-state index >= 15 is 0 Å². The van der Waals surface area contributed by atoms with Crippen LogP contribution >= 0.6 is 0 Å². The standard InChI is InChI=1S/C20H28N4O4/c1-6-28-19(26)17-14(4)21-20(27)22-15(17)10-24(5)11-16(25)23-18-12(2)8-7-9-13(18)3/h7-9,14H,6,10-11H2,1-5H3,(H,23,25)(H2,21,22,27)/p+1/t14-/m0/s1. The number of carbonyl (C=O) groups excluding carboxylic acids is 3. The number of hydrogen-bond donors (Lipinski definition) is 4. The van der Waals surface area contributed by atoms with Crippen molar-refractivity contribution in [3.63, 3.8) is 0 Å². The summed E-state index contributed by atoms with van der Waals surface area (Å²) in [6.45, 7) is 8.10. The molecular formula is C20H29N4O4+. The number of benzene rings is 1. The van der Waals surface area contributed by atoms with Gasteiger partial charge in [0.2, 0.25) is 0 Å². The topological polar surface area (TPSA) is 101 Å². The maximum atomic E-state index is 12.5. The third-order valence-corrected chi connectivity index (χ3v) is 4.55. The van der Waals surface area contributed by atoms with Crippen molar-refractivity contribution in [2.45, 2.75) is 33.7 Å². The minimum Gasteiger partial charge on any atom is -0.463 e. The largest absolute Gasteiger partial charge is 0.463 e. The van der Waals surface area contributed by atoms with Gasteiger partial charge in [0, 0.05) is 5.69 Å². The van der Waals surface area contributed by atoms with E-state index < -0.39 is 12.0 Å². The molecule has 1 aromatic carbocycles. The summed E-state index contributed by atoms with van der Waals surface area (Å²) < 4.78 is 5.11. The summed E-state index contributed by atoms with van der Waals surface area (Å²) in [5, 5.41) is 8.30. The fourth-order valence-electron chi connectivity index (χ4n) is 3.25. The van der Waals surface area contributed by atoms with Crippen molar-refractivity contribution in [1.29, 1.82) is 0 Å². The first-order valence-corrected chi connectivity index (χ1v) is 9.38. The molecule has 4 N–H and O–H groups in total. The smallest absolute Gasteiger partial charge is 0.338 e. The molecule has 3 amide bonds. The first-order valence-electron chi connectivity index (χ1n) is 9.38. The minimum absolute atomic E-state index is 0.138. The lowest BCUT2D eigenvalue weighted by Crippen LogP contribution is -3.10.